The molecule has 1 aliphatic carbocycles. The van der Waals surface area contributed by atoms with Crippen LogP contribution in [0, 0.1) is 12.3 Å². The summed E-state index contributed by atoms with van der Waals surface area (Å²) in [4.78, 5) is 7.07. The molecule has 0 spiro atoms. The maximum absolute atomic E-state index is 4.62. The molecule has 1 heterocycles. The van der Waals surface area contributed by atoms with Gasteiger partial charge in [-0.1, -0.05) is 25.3 Å². The third kappa shape index (κ3) is 4.29. The average molecular weight is 275 g/mol. The van der Waals surface area contributed by atoms with Crippen LogP contribution in [0.5, 0.6) is 0 Å². The van der Waals surface area contributed by atoms with Gasteiger partial charge in [0.1, 0.15) is 0 Å². The predicted octanol–water partition coefficient (Wildman–Crippen LogP) is 2.99. The molecular formula is C17H29N3. The van der Waals surface area contributed by atoms with Crippen molar-refractivity contribution in [3.8, 4) is 0 Å². The maximum atomic E-state index is 4.62. The van der Waals surface area contributed by atoms with Gasteiger partial charge in [0.05, 0.1) is 5.69 Å². The SMILES string of the molecule is CNCC1(CN(C)Cc2cccc(C)n2)CCCCC1. The minimum atomic E-state index is 0.464. The van der Waals surface area contributed by atoms with E-state index in [-0.39, 0.29) is 0 Å². The van der Waals surface area contributed by atoms with E-state index in [4.69, 9.17) is 0 Å². The predicted molar refractivity (Wildman–Crippen MR) is 84.8 cm³/mol. The molecule has 0 amide bonds. The van der Waals surface area contributed by atoms with Gasteiger partial charge >= 0.3 is 0 Å². The van der Waals surface area contributed by atoms with Gasteiger partial charge in [-0.15, -0.1) is 0 Å². The van der Waals surface area contributed by atoms with E-state index < -0.39 is 0 Å². The zero-order valence-electron chi connectivity index (χ0n) is 13.3. The Morgan fingerprint density at radius 3 is 2.65 bits per heavy atom. The summed E-state index contributed by atoms with van der Waals surface area (Å²) in [6, 6.07) is 6.30. The van der Waals surface area contributed by atoms with Crippen molar-refractivity contribution < 1.29 is 0 Å². The second-order valence-electron chi connectivity index (χ2n) is 6.53. The number of pyridine rings is 1. The lowest BCUT2D eigenvalue weighted by Crippen LogP contribution is -2.43. The van der Waals surface area contributed by atoms with Crippen LogP contribution in [0.15, 0.2) is 18.2 Å². The topological polar surface area (TPSA) is 28.2 Å². The molecule has 0 bridgehead atoms. The van der Waals surface area contributed by atoms with Gasteiger partial charge in [0, 0.05) is 25.3 Å². The molecule has 0 atom stereocenters. The van der Waals surface area contributed by atoms with Crippen molar-refractivity contribution in [2.24, 2.45) is 5.41 Å². The van der Waals surface area contributed by atoms with E-state index in [0.29, 0.717) is 5.41 Å². The molecule has 112 valence electrons. The van der Waals surface area contributed by atoms with Crippen molar-refractivity contribution in [1.29, 1.82) is 0 Å². The Morgan fingerprint density at radius 1 is 1.25 bits per heavy atom. The Hall–Kier alpha value is -0.930. The minimum absolute atomic E-state index is 0.464. The van der Waals surface area contributed by atoms with Gasteiger partial charge in [-0.25, -0.2) is 0 Å². The van der Waals surface area contributed by atoms with Gasteiger partial charge < -0.3 is 5.32 Å². The molecule has 3 heteroatoms. The molecule has 0 unspecified atom stereocenters. The molecule has 1 aromatic heterocycles. The standard InChI is InChI=1S/C17H29N3/c1-15-8-7-9-16(19-15)12-20(3)14-17(13-18-2)10-5-4-6-11-17/h7-9,18H,4-6,10-14H2,1-3H3. The normalized spacial score (nSPS) is 18.4. The van der Waals surface area contributed by atoms with E-state index in [1.165, 1.54) is 44.3 Å². The number of nitrogens with zero attached hydrogens (tertiary/aromatic N) is 2. The summed E-state index contributed by atoms with van der Waals surface area (Å²) in [6.07, 6.45) is 6.91. The molecule has 3 nitrogen and oxygen atoms in total. The van der Waals surface area contributed by atoms with Crippen molar-refractivity contribution >= 4 is 0 Å². The van der Waals surface area contributed by atoms with Gasteiger partial charge in [-0.3, -0.25) is 9.88 Å². The summed E-state index contributed by atoms with van der Waals surface area (Å²) in [7, 11) is 4.31. The van der Waals surface area contributed by atoms with Gasteiger partial charge in [-0.05, 0) is 51.4 Å². The molecule has 20 heavy (non-hydrogen) atoms. The number of nitrogens with one attached hydrogen (secondary N) is 1. The number of hydrogen-bond acceptors (Lipinski definition) is 3. The average Bonchev–Trinajstić information content (AvgIpc) is 2.39. The molecule has 2 rings (SSSR count). The molecule has 0 aromatic carbocycles. The fourth-order valence-corrected chi connectivity index (χ4v) is 3.66. The number of hydrogen-bond donors (Lipinski definition) is 1. The summed E-state index contributed by atoms with van der Waals surface area (Å²) in [5, 5.41) is 3.41. The Labute approximate surface area is 123 Å². The minimum Gasteiger partial charge on any atom is -0.319 e. The first-order chi connectivity index (χ1) is 9.63. The Morgan fingerprint density at radius 2 is 2.00 bits per heavy atom. The van der Waals surface area contributed by atoms with E-state index in [0.717, 1.165) is 18.8 Å². The third-order valence-corrected chi connectivity index (χ3v) is 4.45. The Balaban J connectivity index is 1.95. The third-order valence-electron chi connectivity index (χ3n) is 4.45. The fraction of sp³-hybridized carbons (Fsp3) is 0.706. The highest BCUT2D eigenvalue weighted by Crippen LogP contribution is 2.36. The van der Waals surface area contributed by atoms with Crippen LogP contribution in [0.3, 0.4) is 0 Å². The van der Waals surface area contributed by atoms with Crippen molar-refractivity contribution in [3.05, 3.63) is 29.6 Å². The molecule has 0 aliphatic heterocycles. The number of aromatic nitrogens is 1. The quantitative estimate of drug-likeness (QED) is 0.865. The van der Waals surface area contributed by atoms with Gasteiger partial charge in [0.25, 0.3) is 0 Å². The Kier molecular flexibility index (Phi) is 5.55. The lowest BCUT2D eigenvalue weighted by atomic mass is 9.73. The van der Waals surface area contributed by atoms with Gasteiger partial charge in [0.2, 0.25) is 0 Å². The zero-order valence-corrected chi connectivity index (χ0v) is 13.3. The zero-order chi connectivity index (χ0) is 14.4. The molecular weight excluding hydrogens is 246 g/mol. The molecule has 1 aromatic rings. The first kappa shape index (κ1) is 15.5. The first-order valence-electron chi connectivity index (χ1n) is 7.89. The smallest absolute Gasteiger partial charge is 0.0547 e. The van der Waals surface area contributed by atoms with Crippen LogP contribution in [-0.2, 0) is 6.54 Å². The van der Waals surface area contributed by atoms with Gasteiger partial charge in [0.15, 0.2) is 0 Å². The monoisotopic (exact) mass is 275 g/mol. The molecule has 1 N–H and O–H groups in total. The van der Waals surface area contributed by atoms with E-state index in [9.17, 15) is 0 Å². The van der Waals surface area contributed by atoms with E-state index in [1.807, 2.05) is 0 Å². The lowest BCUT2D eigenvalue weighted by Gasteiger charge is -2.40. The highest BCUT2D eigenvalue weighted by molar-refractivity contribution is 5.09. The van der Waals surface area contributed by atoms with E-state index >= 15 is 0 Å². The van der Waals surface area contributed by atoms with Crippen molar-refractivity contribution in [3.63, 3.8) is 0 Å². The van der Waals surface area contributed by atoms with Crippen LogP contribution in [0.25, 0.3) is 0 Å². The highest BCUT2D eigenvalue weighted by atomic mass is 15.1. The van der Waals surface area contributed by atoms with Crippen LogP contribution in [-0.4, -0.2) is 37.1 Å². The molecule has 0 saturated heterocycles. The summed E-state index contributed by atoms with van der Waals surface area (Å²) >= 11 is 0. The van der Waals surface area contributed by atoms with Crippen LogP contribution < -0.4 is 5.32 Å². The molecule has 1 saturated carbocycles. The van der Waals surface area contributed by atoms with Crippen LogP contribution >= 0.6 is 0 Å². The van der Waals surface area contributed by atoms with Crippen molar-refractivity contribution in [2.45, 2.75) is 45.6 Å². The van der Waals surface area contributed by atoms with E-state index in [2.05, 4.69) is 54.4 Å². The second-order valence-corrected chi connectivity index (χ2v) is 6.53. The summed E-state index contributed by atoms with van der Waals surface area (Å²) in [5.74, 6) is 0. The summed E-state index contributed by atoms with van der Waals surface area (Å²) < 4.78 is 0. The molecule has 1 fully saturated rings. The summed E-state index contributed by atoms with van der Waals surface area (Å²) in [6.45, 7) is 5.32. The highest BCUT2D eigenvalue weighted by Gasteiger charge is 2.32. The van der Waals surface area contributed by atoms with E-state index in [1.54, 1.807) is 0 Å². The van der Waals surface area contributed by atoms with Crippen LogP contribution in [0.4, 0.5) is 0 Å². The fourth-order valence-electron chi connectivity index (χ4n) is 3.66. The number of rotatable bonds is 6. The maximum Gasteiger partial charge on any atom is 0.0547 e. The molecule has 1 aliphatic rings. The number of aryl methyl sites for hydroxylation is 1. The first-order valence-corrected chi connectivity index (χ1v) is 7.89. The lowest BCUT2D eigenvalue weighted by molar-refractivity contribution is 0.115. The second kappa shape index (κ2) is 7.19. The van der Waals surface area contributed by atoms with Crippen molar-refractivity contribution in [1.82, 2.24) is 15.2 Å². The summed E-state index contributed by atoms with van der Waals surface area (Å²) in [5.41, 5.74) is 2.76. The van der Waals surface area contributed by atoms with Crippen molar-refractivity contribution in [2.75, 3.05) is 27.2 Å². The van der Waals surface area contributed by atoms with Gasteiger partial charge in [-0.2, -0.15) is 0 Å². The largest absolute Gasteiger partial charge is 0.319 e. The Bertz CT molecular complexity index is 405. The van der Waals surface area contributed by atoms with Crippen LogP contribution in [0.2, 0.25) is 0 Å². The molecule has 0 radical (unpaired) electrons. The van der Waals surface area contributed by atoms with Crippen LogP contribution in [0.1, 0.15) is 43.5 Å².